The molecule has 0 unspecified atom stereocenters. The summed E-state index contributed by atoms with van der Waals surface area (Å²) in [5.74, 6) is -0.512. The van der Waals surface area contributed by atoms with Crippen LogP contribution in [-0.2, 0) is 14.0 Å². The Balaban J connectivity index is 2.01. The summed E-state index contributed by atoms with van der Waals surface area (Å²) >= 11 is 0. The molecule has 0 saturated carbocycles. The summed E-state index contributed by atoms with van der Waals surface area (Å²) in [6.07, 6.45) is -0.500. The molecule has 28 heavy (non-hydrogen) atoms. The third-order valence-corrected chi connectivity index (χ3v) is 5.37. The Kier molecular flexibility index (Phi) is 5.23. The molecule has 2 aromatic carbocycles. The van der Waals surface area contributed by atoms with Gasteiger partial charge in [-0.1, -0.05) is 42.5 Å². The molecule has 0 bridgehead atoms. The van der Waals surface area contributed by atoms with E-state index < -0.39 is 36.0 Å². The van der Waals surface area contributed by atoms with Gasteiger partial charge in [0.1, 0.15) is 5.60 Å². The van der Waals surface area contributed by atoms with Gasteiger partial charge >= 0.3 is 13.2 Å². The van der Waals surface area contributed by atoms with E-state index in [1.54, 1.807) is 0 Å². The van der Waals surface area contributed by atoms with Gasteiger partial charge in [-0.15, -0.1) is 0 Å². The number of ether oxygens (including phenoxy) is 1. The average molecular weight is 383 g/mol. The van der Waals surface area contributed by atoms with E-state index in [1.807, 2.05) is 90.9 Å². The van der Waals surface area contributed by atoms with E-state index in [0.717, 1.165) is 16.3 Å². The van der Waals surface area contributed by atoms with Gasteiger partial charge in [-0.25, -0.2) is 4.79 Å². The van der Waals surface area contributed by atoms with Crippen molar-refractivity contribution in [3.63, 3.8) is 0 Å². The normalized spacial score (nSPS) is 19.5. The van der Waals surface area contributed by atoms with Gasteiger partial charge in [-0.05, 0) is 64.8 Å². The predicted octanol–water partition coefficient (Wildman–Crippen LogP) is 5.04. The number of rotatable bonds is 3. The van der Waals surface area contributed by atoms with Gasteiger partial charge in [0.25, 0.3) is 0 Å². The number of fused-ring (bicyclic) bond motifs is 1. The fourth-order valence-corrected chi connectivity index (χ4v) is 3.27. The third kappa shape index (κ3) is 4.18. The van der Waals surface area contributed by atoms with Gasteiger partial charge in [0.15, 0.2) is 0 Å². The van der Waals surface area contributed by atoms with Crippen LogP contribution in [0, 0.1) is 0 Å². The van der Waals surface area contributed by atoms with E-state index in [4.69, 9.17) is 14.0 Å². The van der Waals surface area contributed by atoms with Crippen LogP contribution >= 0.6 is 0 Å². The minimum Gasteiger partial charge on any atom is -0.444 e. The summed E-state index contributed by atoms with van der Waals surface area (Å²) in [6, 6.07) is 14.1. The summed E-state index contributed by atoms with van der Waals surface area (Å²) in [5, 5.41) is 5.12. The lowest BCUT2D eigenvalue weighted by Gasteiger charge is -2.32. The van der Waals surface area contributed by atoms with Crippen LogP contribution in [0.2, 0.25) is 0 Å². The van der Waals surface area contributed by atoms with Crippen LogP contribution in [0.5, 0.6) is 0 Å². The highest BCUT2D eigenvalue weighted by Crippen LogP contribution is 2.41. The Hall–Kier alpha value is -2.05. The molecule has 0 radical (unpaired) electrons. The average Bonchev–Trinajstić information content (AvgIpc) is 2.78. The van der Waals surface area contributed by atoms with E-state index in [2.05, 4.69) is 5.32 Å². The first-order chi connectivity index (χ1) is 12.9. The lowest BCUT2D eigenvalue weighted by Crippen LogP contribution is -2.43. The minimum atomic E-state index is -0.636. The van der Waals surface area contributed by atoms with Crippen molar-refractivity contribution in [2.45, 2.75) is 71.2 Å². The molecular formula is C22H30BNO4. The predicted molar refractivity (Wildman–Crippen MR) is 112 cm³/mol. The molecule has 5 nitrogen and oxygen atoms in total. The molecule has 1 fully saturated rings. The molecule has 1 saturated heterocycles. The SMILES string of the molecule is CC(C)(C)OC(=O)N[C@@H](B1OC(C)(C)C(C)(C)O1)c1cccc2ccccc12. The molecule has 1 N–H and O–H groups in total. The number of alkyl carbamates (subject to hydrolysis) is 1. The fourth-order valence-electron chi connectivity index (χ4n) is 3.27. The first-order valence-electron chi connectivity index (χ1n) is 9.72. The molecule has 0 aromatic heterocycles. The van der Waals surface area contributed by atoms with E-state index >= 15 is 0 Å². The number of carbonyl (C=O) groups excluding carboxylic acids is 1. The molecule has 150 valence electrons. The highest BCUT2D eigenvalue weighted by molar-refractivity contribution is 6.48. The Labute approximate surface area is 167 Å². The van der Waals surface area contributed by atoms with Crippen molar-refractivity contribution in [2.75, 3.05) is 0 Å². The number of carbonyl (C=O) groups is 1. The van der Waals surface area contributed by atoms with Crippen molar-refractivity contribution in [1.29, 1.82) is 0 Å². The smallest absolute Gasteiger partial charge is 0.444 e. The Bertz CT molecular complexity index is 851. The first kappa shape index (κ1) is 20.7. The molecule has 1 heterocycles. The lowest BCUT2D eigenvalue weighted by molar-refractivity contribution is 0.00578. The molecule has 0 aliphatic carbocycles. The number of hydrogen-bond acceptors (Lipinski definition) is 4. The van der Waals surface area contributed by atoms with Gasteiger partial charge in [0, 0.05) is 0 Å². The van der Waals surface area contributed by atoms with Gasteiger partial charge in [0.2, 0.25) is 0 Å². The fraction of sp³-hybridized carbons (Fsp3) is 0.500. The lowest BCUT2D eigenvalue weighted by atomic mass is 9.73. The monoisotopic (exact) mass is 383 g/mol. The summed E-state index contributed by atoms with van der Waals surface area (Å²) < 4.78 is 18.0. The van der Waals surface area contributed by atoms with E-state index in [-0.39, 0.29) is 0 Å². The number of amides is 1. The number of hydrogen-bond donors (Lipinski definition) is 1. The standard InChI is InChI=1S/C22H30BNO4/c1-20(2,3)26-19(25)24-18(23-27-21(4,5)22(6,7)28-23)17-14-10-12-15-11-8-9-13-16(15)17/h8-14,18H,1-7H3,(H,24,25)/t18-/m1/s1. The second-order valence-corrected chi connectivity index (χ2v) is 9.32. The Morgan fingerprint density at radius 1 is 1.00 bits per heavy atom. The quantitative estimate of drug-likeness (QED) is 0.755. The molecule has 0 spiro atoms. The van der Waals surface area contributed by atoms with Crippen LogP contribution < -0.4 is 5.32 Å². The van der Waals surface area contributed by atoms with Gasteiger partial charge in [-0.3, -0.25) is 0 Å². The molecule has 3 rings (SSSR count). The van der Waals surface area contributed by atoms with Crippen LogP contribution in [-0.4, -0.2) is 30.0 Å². The second-order valence-electron chi connectivity index (χ2n) is 9.32. The maximum absolute atomic E-state index is 12.6. The molecule has 2 aromatic rings. The van der Waals surface area contributed by atoms with Crippen molar-refractivity contribution in [3.05, 3.63) is 48.0 Å². The van der Waals surface area contributed by atoms with Crippen molar-refractivity contribution in [2.24, 2.45) is 0 Å². The Morgan fingerprint density at radius 3 is 2.18 bits per heavy atom. The molecule has 1 aliphatic heterocycles. The molecule has 1 amide bonds. The van der Waals surface area contributed by atoms with Gasteiger partial charge in [-0.2, -0.15) is 0 Å². The van der Waals surface area contributed by atoms with E-state index in [9.17, 15) is 4.79 Å². The van der Waals surface area contributed by atoms with Crippen LogP contribution in [0.3, 0.4) is 0 Å². The summed E-state index contributed by atoms with van der Waals surface area (Å²) in [5.41, 5.74) is -0.669. The van der Waals surface area contributed by atoms with Crippen LogP contribution in [0.15, 0.2) is 42.5 Å². The number of benzene rings is 2. The third-order valence-electron chi connectivity index (χ3n) is 5.37. The molecular weight excluding hydrogens is 353 g/mol. The van der Waals surface area contributed by atoms with Crippen LogP contribution in [0.1, 0.15) is 60.0 Å². The molecule has 1 aliphatic rings. The van der Waals surface area contributed by atoms with Crippen molar-refractivity contribution in [1.82, 2.24) is 5.32 Å². The van der Waals surface area contributed by atoms with E-state index in [0.29, 0.717) is 0 Å². The molecule has 6 heteroatoms. The minimum absolute atomic E-state index is 0.500. The summed E-state index contributed by atoms with van der Waals surface area (Å²) in [6.45, 7) is 13.5. The molecule has 1 atom stereocenters. The maximum Gasteiger partial charge on any atom is 0.486 e. The zero-order valence-electron chi connectivity index (χ0n) is 17.8. The Morgan fingerprint density at radius 2 is 1.57 bits per heavy atom. The summed E-state index contributed by atoms with van der Waals surface area (Å²) in [4.78, 5) is 12.6. The van der Waals surface area contributed by atoms with Crippen LogP contribution in [0.25, 0.3) is 10.8 Å². The second kappa shape index (κ2) is 7.09. The van der Waals surface area contributed by atoms with Gasteiger partial charge < -0.3 is 19.4 Å². The summed E-state index contributed by atoms with van der Waals surface area (Å²) in [7, 11) is -0.636. The van der Waals surface area contributed by atoms with Crippen molar-refractivity contribution < 1.29 is 18.8 Å². The first-order valence-corrected chi connectivity index (χ1v) is 9.72. The highest BCUT2D eigenvalue weighted by Gasteiger charge is 2.54. The topological polar surface area (TPSA) is 56.8 Å². The maximum atomic E-state index is 12.6. The van der Waals surface area contributed by atoms with Crippen molar-refractivity contribution in [3.8, 4) is 0 Å². The largest absolute Gasteiger partial charge is 0.486 e. The van der Waals surface area contributed by atoms with E-state index in [1.165, 1.54) is 0 Å². The van der Waals surface area contributed by atoms with Gasteiger partial charge in [0.05, 0.1) is 17.1 Å². The zero-order valence-corrected chi connectivity index (χ0v) is 17.8. The van der Waals surface area contributed by atoms with Crippen LogP contribution in [0.4, 0.5) is 4.79 Å². The zero-order chi connectivity index (χ0) is 20.7. The highest BCUT2D eigenvalue weighted by atomic mass is 16.7. The number of nitrogens with one attached hydrogen (secondary N) is 1. The van der Waals surface area contributed by atoms with Crippen molar-refractivity contribution >= 4 is 24.0 Å².